The summed E-state index contributed by atoms with van der Waals surface area (Å²) in [5.41, 5.74) is 2.27. The lowest BCUT2D eigenvalue weighted by molar-refractivity contribution is -0.135. The third-order valence-corrected chi connectivity index (χ3v) is 5.12. The predicted molar refractivity (Wildman–Crippen MR) is 106 cm³/mol. The van der Waals surface area contributed by atoms with Crippen LogP contribution in [-0.4, -0.2) is 49.6 Å². The molecule has 0 aromatic heterocycles. The van der Waals surface area contributed by atoms with Crippen molar-refractivity contribution in [1.29, 1.82) is 0 Å². The summed E-state index contributed by atoms with van der Waals surface area (Å²) in [5.74, 6) is 1.56. The molecular weight excluding hydrogens is 340 g/mol. The van der Waals surface area contributed by atoms with E-state index in [1.54, 1.807) is 14.2 Å². The molecule has 1 atom stereocenters. The second-order valence-electron chi connectivity index (χ2n) is 7.00. The number of carbonyl (C=O) groups is 1. The fourth-order valence-corrected chi connectivity index (χ4v) is 3.70. The highest BCUT2D eigenvalue weighted by molar-refractivity contribution is 5.82. The van der Waals surface area contributed by atoms with E-state index >= 15 is 0 Å². The maximum atomic E-state index is 13.1. The highest BCUT2D eigenvalue weighted by atomic mass is 16.5. The summed E-state index contributed by atoms with van der Waals surface area (Å²) in [6.07, 6.45) is 1.98. The Balaban J connectivity index is 1.65. The van der Waals surface area contributed by atoms with E-state index in [4.69, 9.17) is 9.47 Å². The Hall–Kier alpha value is -2.53. The molecule has 0 N–H and O–H groups in total. The molecule has 1 saturated heterocycles. The fourth-order valence-electron chi connectivity index (χ4n) is 3.70. The first-order chi connectivity index (χ1) is 13.1. The summed E-state index contributed by atoms with van der Waals surface area (Å²) in [4.78, 5) is 17.2. The molecule has 5 nitrogen and oxygen atoms in total. The van der Waals surface area contributed by atoms with Crippen LogP contribution in [-0.2, 0) is 17.9 Å². The number of hydrogen-bond acceptors (Lipinski definition) is 4. The van der Waals surface area contributed by atoms with Crippen LogP contribution in [0.4, 0.5) is 0 Å². The molecule has 0 bridgehead atoms. The predicted octanol–water partition coefficient (Wildman–Crippen LogP) is 3.33. The van der Waals surface area contributed by atoms with E-state index in [2.05, 4.69) is 17.0 Å². The van der Waals surface area contributed by atoms with Crippen LogP contribution < -0.4 is 9.47 Å². The summed E-state index contributed by atoms with van der Waals surface area (Å²) in [6.45, 7) is 2.34. The van der Waals surface area contributed by atoms with Crippen molar-refractivity contribution in [3.63, 3.8) is 0 Å². The Bertz CT molecular complexity index is 763. The molecule has 27 heavy (non-hydrogen) atoms. The minimum atomic E-state index is -0.0460. The molecular formula is C22H28N2O3. The molecule has 1 heterocycles. The van der Waals surface area contributed by atoms with Gasteiger partial charge in [-0.2, -0.15) is 0 Å². The maximum Gasteiger partial charge on any atom is 0.239 e. The number of rotatable bonds is 7. The van der Waals surface area contributed by atoms with Gasteiger partial charge in [-0.15, -0.1) is 0 Å². The number of likely N-dealkylation sites (tertiary alicyclic amines) is 1. The molecule has 5 heteroatoms. The molecule has 0 spiro atoms. The van der Waals surface area contributed by atoms with Crippen molar-refractivity contribution in [3.8, 4) is 11.5 Å². The van der Waals surface area contributed by atoms with Gasteiger partial charge >= 0.3 is 0 Å². The van der Waals surface area contributed by atoms with Gasteiger partial charge in [0.1, 0.15) is 0 Å². The average Bonchev–Trinajstić information content (AvgIpc) is 3.16. The van der Waals surface area contributed by atoms with Crippen LogP contribution in [0.2, 0.25) is 0 Å². The quantitative estimate of drug-likeness (QED) is 0.752. The molecule has 0 aliphatic carbocycles. The van der Waals surface area contributed by atoms with Crippen LogP contribution in [0.5, 0.6) is 11.5 Å². The van der Waals surface area contributed by atoms with Gasteiger partial charge in [-0.1, -0.05) is 36.4 Å². The summed E-state index contributed by atoms with van der Waals surface area (Å²) < 4.78 is 10.6. The van der Waals surface area contributed by atoms with Gasteiger partial charge in [0.15, 0.2) is 11.5 Å². The molecule has 1 amide bonds. The number of hydrogen-bond donors (Lipinski definition) is 0. The summed E-state index contributed by atoms with van der Waals surface area (Å²) in [5, 5.41) is 0. The third kappa shape index (κ3) is 4.61. The standard InChI is InChI=1S/C22H28N2O3/c1-23(15-18-11-12-20(26-2)21(14-18)27-3)22(25)19-10-7-13-24(19)16-17-8-5-4-6-9-17/h4-6,8-9,11-12,14,19H,7,10,13,15-16H2,1-3H3/t19-/m0/s1. The number of likely N-dealkylation sites (N-methyl/N-ethyl adjacent to an activating group) is 1. The first kappa shape index (κ1) is 19.2. The Morgan fingerprint density at radius 1 is 1.07 bits per heavy atom. The Morgan fingerprint density at radius 2 is 1.81 bits per heavy atom. The Kier molecular flexibility index (Phi) is 6.35. The van der Waals surface area contributed by atoms with Gasteiger partial charge in [-0.05, 0) is 42.6 Å². The zero-order valence-corrected chi connectivity index (χ0v) is 16.4. The van der Waals surface area contributed by atoms with Gasteiger partial charge in [0.2, 0.25) is 5.91 Å². The topological polar surface area (TPSA) is 42.0 Å². The van der Waals surface area contributed by atoms with E-state index in [1.807, 2.05) is 48.3 Å². The monoisotopic (exact) mass is 368 g/mol. The second-order valence-corrected chi connectivity index (χ2v) is 7.00. The van der Waals surface area contributed by atoms with Gasteiger partial charge < -0.3 is 14.4 Å². The van der Waals surface area contributed by atoms with Crippen LogP contribution in [0.1, 0.15) is 24.0 Å². The van der Waals surface area contributed by atoms with Crippen LogP contribution >= 0.6 is 0 Å². The van der Waals surface area contributed by atoms with Crippen LogP contribution in [0.15, 0.2) is 48.5 Å². The fraction of sp³-hybridized carbons (Fsp3) is 0.409. The van der Waals surface area contributed by atoms with Crippen molar-refractivity contribution in [2.45, 2.75) is 32.0 Å². The molecule has 0 unspecified atom stereocenters. The zero-order valence-electron chi connectivity index (χ0n) is 16.4. The first-order valence-electron chi connectivity index (χ1n) is 9.36. The van der Waals surface area contributed by atoms with Gasteiger partial charge in [-0.25, -0.2) is 0 Å². The summed E-state index contributed by atoms with van der Waals surface area (Å²) in [6, 6.07) is 16.1. The smallest absolute Gasteiger partial charge is 0.239 e. The number of methoxy groups -OCH3 is 2. The molecule has 0 radical (unpaired) electrons. The highest BCUT2D eigenvalue weighted by Crippen LogP contribution is 2.28. The second kappa shape index (κ2) is 8.91. The summed E-state index contributed by atoms with van der Waals surface area (Å²) in [7, 11) is 5.11. The van der Waals surface area contributed by atoms with Crippen LogP contribution in [0.25, 0.3) is 0 Å². The largest absolute Gasteiger partial charge is 0.493 e. The highest BCUT2D eigenvalue weighted by Gasteiger charge is 2.32. The van der Waals surface area contributed by atoms with E-state index < -0.39 is 0 Å². The molecule has 2 aromatic carbocycles. The normalized spacial score (nSPS) is 16.9. The van der Waals surface area contributed by atoms with Crippen molar-refractivity contribution in [2.75, 3.05) is 27.8 Å². The van der Waals surface area contributed by atoms with Crippen molar-refractivity contribution in [1.82, 2.24) is 9.80 Å². The molecule has 2 aromatic rings. The number of ether oxygens (including phenoxy) is 2. The minimum absolute atomic E-state index is 0.0460. The molecule has 1 fully saturated rings. The van der Waals surface area contributed by atoms with Crippen molar-refractivity contribution in [3.05, 3.63) is 59.7 Å². The molecule has 3 rings (SSSR count). The maximum absolute atomic E-state index is 13.1. The Morgan fingerprint density at radius 3 is 2.52 bits per heavy atom. The van der Waals surface area contributed by atoms with Crippen molar-refractivity contribution < 1.29 is 14.3 Å². The van der Waals surface area contributed by atoms with Crippen LogP contribution in [0, 0.1) is 0 Å². The van der Waals surface area contributed by atoms with E-state index in [0.29, 0.717) is 18.0 Å². The minimum Gasteiger partial charge on any atom is -0.493 e. The molecule has 0 saturated carbocycles. The molecule has 1 aliphatic rings. The van der Waals surface area contributed by atoms with Gasteiger partial charge in [-0.3, -0.25) is 9.69 Å². The first-order valence-corrected chi connectivity index (χ1v) is 9.36. The number of amides is 1. The number of carbonyl (C=O) groups excluding carboxylic acids is 1. The molecule has 144 valence electrons. The number of benzene rings is 2. The van der Waals surface area contributed by atoms with Gasteiger partial charge in [0, 0.05) is 20.1 Å². The lowest BCUT2D eigenvalue weighted by Crippen LogP contribution is -2.43. The van der Waals surface area contributed by atoms with Crippen molar-refractivity contribution in [2.24, 2.45) is 0 Å². The lowest BCUT2D eigenvalue weighted by Gasteiger charge is -2.28. The van der Waals surface area contributed by atoms with E-state index in [0.717, 1.165) is 31.5 Å². The zero-order chi connectivity index (χ0) is 19.2. The van der Waals surface area contributed by atoms with Crippen molar-refractivity contribution >= 4 is 5.91 Å². The third-order valence-electron chi connectivity index (χ3n) is 5.12. The van der Waals surface area contributed by atoms with E-state index in [1.165, 1.54) is 5.56 Å². The molecule has 1 aliphatic heterocycles. The van der Waals surface area contributed by atoms with E-state index in [9.17, 15) is 4.79 Å². The summed E-state index contributed by atoms with van der Waals surface area (Å²) >= 11 is 0. The van der Waals surface area contributed by atoms with Gasteiger partial charge in [0.05, 0.1) is 20.3 Å². The number of nitrogens with zero attached hydrogens (tertiary/aromatic N) is 2. The van der Waals surface area contributed by atoms with E-state index in [-0.39, 0.29) is 11.9 Å². The van der Waals surface area contributed by atoms with Gasteiger partial charge in [0.25, 0.3) is 0 Å². The van der Waals surface area contributed by atoms with Crippen LogP contribution in [0.3, 0.4) is 0 Å². The lowest BCUT2D eigenvalue weighted by atomic mass is 10.1. The Labute approximate surface area is 161 Å². The average molecular weight is 368 g/mol. The SMILES string of the molecule is COc1ccc(CN(C)C(=O)[C@@H]2CCCN2Cc2ccccc2)cc1OC.